The first-order valence-corrected chi connectivity index (χ1v) is 12.2. The third-order valence-electron chi connectivity index (χ3n) is 7.05. The summed E-state index contributed by atoms with van der Waals surface area (Å²) in [7, 11) is 0. The smallest absolute Gasteiger partial charge is 0.202 e. The zero-order chi connectivity index (χ0) is 25.4. The fraction of sp³-hybridized carbons (Fsp3) is 0. The molecule has 0 aliphatic carbocycles. The van der Waals surface area contributed by atoms with Crippen LogP contribution in [-0.2, 0) is 0 Å². The highest BCUT2D eigenvalue weighted by Crippen LogP contribution is 2.51. The van der Waals surface area contributed by atoms with Gasteiger partial charge in [0.05, 0.1) is 38.6 Å². The van der Waals surface area contributed by atoms with Crippen molar-refractivity contribution in [3.8, 4) is 11.5 Å². The highest BCUT2D eigenvalue weighted by Gasteiger charge is 2.28. The lowest BCUT2D eigenvalue weighted by molar-refractivity contribution is 0.477. The second-order valence-corrected chi connectivity index (χ2v) is 9.23. The van der Waals surface area contributed by atoms with Crippen LogP contribution in [0, 0.1) is 0 Å². The molecule has 0 N–H and O–H groups in total. The number of hydrogen-bond donors (Lipinski definition) is 0. The fourth-order valence-corrected chi connectivity index (χ4v) is 5.33. The number of ether oxygens (including phenoxy) is 1. The molecule has 1 aliphatic rings. The summed E-state index contributed by atoms with van der Waals surface area (Å²) < 4.78 is 18.4. The largest absolute Gasteiger partial charge is 0.456 e. The van der Waals surface area contributed by atoms with Crippen molar-refractivity contribution in [1.29, 1.82) is 0 Å². The van der Waals surface area contributed by atoms with Crippen LogP contribution in [0.1, 0.15) is 0 Å². The Bertz CT molecular complexity index is 2180. The van der Waals surface area contributed by atoms with E-state index in [0.717, 1.165) is 11.4 Å². The van der Waals surface area contributed by atoms with Crippen molar-refractivity contribution in [3.63, 3.8) is 0 Å². The lowest BCUT2D eigenvalue weighted by atomic mass is 10.0. The average molecular weight is 495 g/mol. The number of benzene rings is 5. The Hall–Kier alpha value is -5.36. The molecule has 6 heteroatoms. The normalized spacial score (nSPS) is 12.6. The number of fused-ring (bicyclic) bond motifs is 6. The van der Waals surface area contributed by atoms with Gasteiger partial charge >= 0.3 is 0 Å². The van der Waals surface area contributed by atoms with Crippen LogP contribution >= 0.6 is 0 Å². The third kappa shape index (κ3) is 2.82. The topological polar surface area (TPSA) is 72.9 Å². The molecule has 5 aromatic carbocycles. The summed E-state index contributed by atoms with van der Waals surface area (Å²) in [6.45, 7) is 0. The second kappa shape index (κ2) is 7.57. The van der Waals surface area contributed by atoms with Crippen LogP contribution < -0.4 is 20.5 Å². The van der Waals surface area contributed by atoms with Crippen molar-refractivity contribution in [2.75, 3.05) is 4.90 Å². The van der Waals surface area contributed by atoms with E-state index >= 15 is 0 Å². The summed E-state index contributed by atoms with van der Waals surface area (Å²) in [4.78, 5) is 29.4. The SMILES string of the molecule is O=c1c2ccccc2oc2cc3oc4cccc(N5c6ccccc6Oc6ccccc65)c4c(=O)c3cc12. The molecule has 0 bridgehead atoms. The van der Waals surface area contributed by atoms with Gasteiger partial charge in [0.2, 0.25) is 10.9 Å². The Morgan fingerprint density at radius 1 is 0.474 bits per heavy atom. The van der Waals surface area contributed by atoms with E-state index < -0.39 is 0 Å². The molecule has 1 aliphatic heterocycles. The number of rotatable bonds is 1. The van der Waals surface area contributed by atoms with Crippen molar-refractivity contribution in [3.05, 3.63) is 124 Å². The maximum Gasteiger partial charge on any atom is 0.202 e. The summed E-state index contributed by atoms with van der Waals surface area (Å²) in [6.07, 6.45) is 0. The van der Waals surface area contributed by atoms with Gasteiger partial charge in [-0.15, -0.1) is 0 Å². The summed E-state index contributed by atoms with van der Waals surface area (Å²) in [5.74, 6) is 1.37. The quantitative estimate of drug-likeness (QED) is 0.217. The highest BCUT2D eigenvalue weighted by atomic mass is 16.5. The van der Waals surface area contributed by atoms with E-state index in [4.69, 9.17) is 13.6 Å². The van der Waals surface area contributed by atoms with E-state index in [9.17, 15) is 9.59 Å². The minimum atomic E-state index is -0.229. The molecule has 7 aromatic rings. The van der Waals surface area contributed by atoms with Crippen molar-refractivity contribution < 1.29 is 13.6 Å². The molecule has 8 rings (SSSR count). The first-order valence-electron chi connectivity index (χ1n) is 12.2. The number of anilines is 3. The van der Waals surface area contributed by atoms with E-state index in [1.807, 2.05) is 71.6 Å². The van der Waals surface area contributed by atoms with Crippen LogP contribution in [0.5, 0.6) is 11.5 Å². The monoisotopic (exact) mass is 495 g/mol. The molecule has 0 radical (unpaired) electrons. The van der Waals surface area contributed by atoms with Gasteiger partial charge in [0.25, 0.3) is 0 Å². The van der Waals surface area contributed by atoms with E-state index in [1.165, 1.54) is 0 Å². The van der Waals surface area contributed by atoms with Crippen LogP contribution in [-0.4, -0.2) is 0 Å². The zero-order valence-corrected chi connectivity index (χ0v) is 19.8. The number of nitrogens with zero attached hydrogens (tertiary/aromatic N) is 1. The Morgan fingerprint density at radius 2 is 1.05 bits per heavy atom. The van der Waals surface area contributed by atoms with Crippen LogP contribution in [0.3, 0.4) is 0 Å². The molecule has 6 nitrogen and oxygen atoms in total. The van der Waals surface area contributed by atoms with Crippen molar-refractivity contribution in [2.24, 2.45) is 0 Å². The zero-order valence-electron chi connectivity index (χ0n) is 19.8. The molecule has 2 aromatic heterocycles. The van der Waals surface area contributed by atoms with Crippen LogP contribution in [0.25, 0.3) is 43.9 Å². The van der Waals surface area contributed by atoms with E-state index in [2.05, 4.69) is 0 Å². The molecule has 0 atom stereocenters. The van der Waals surface area contributed by atoms with Crippen molar-refractivity contribution in [1.82, 2.24) is 0 Å². The lowest BCUT2D eigenvalue weighted by Gasteiger charge is -2.33. The summed E-state index contributed by atoms with van der Waals surface area (Å²) in [5, 5.41) is 1.53. The second-order valence-electron chi connectivity index (χ2n) is 9.23. The number of hydrogen-bond acceptors (Lipinski definition) is 6. The molecular weight excluding hydrogens is 478 g/mol. The Kier molecular flexibility index (Phi) is 4.14. The first kappa shape index (κ1) is 20.8. The van der Waals surface area contributed by atoms with Gasteiger partial charge in [-0.3, -0.25) is 9.59 Å². The molecule has 0 fully saturated rings. The fourth-order valence-electron chi connectivity index (χ4n) is 5.33. The van der Waals surface area contributed by atoms with Gasteiger partial charge in [0.1, 0.15) is 22.3 Å². The highest BCUT2D eigenvalue weighted by molar-refractivity contribution is 6.05. The minimum Gasteiger partial charge on any atom is -0.456 e. The molecule has 38 heavy (non-hydrogen) atoms. The summed E-state index contributed by atoms with van der Waals surface area (Å²) in [6, 6.07) is 31.2. The molecule has 0 saturated heterocycles. The van der Waals surface area contributed by atoms with Crippen molar-refractivity contribution >= 4 is 60.9 Å². The van der Waals surface area contributed by atoms with Gasteiger partial charge in [-0.25, -0.2) is 0 Å². The van der Waals surface area contributed by atoms with Crippen molar-refractivity contribution in [2.45, 2.75) is 0 Å². The Balaban J connectivity index is 1.47. The predicted octanol–water partition coefficient (Wildman–Crippen LogP) is 7.78. The maximum absolute atomic E-state index is 14.1. The van der Waals surface area contributed by atoms with Crippen LogP contribution in [0.15, 0.2) is 122 Å². The molecule has 3 heterocycles. The Morgan fingerprint density at radius 3 is 1.82 bits per heavy atom. The minimum absolute atomic E-state index is 0.187. The average Bonchev–Trinajstić information content (AvgIpc) is 2.95. The van der Waals surface area contributed by atoms with E-state index in [0.29, 0.717) is 61.1 Å². The third-order valence-corrected chi connectivity index (χ3v) is 7.05. The number of para-hydroxylation sites is 5. The van der Waals surface area contributed by atoms with Gasteiger partial charge in [0.15, 0.2) is 11.5 Å². The first-order chi connectivity index (χ1) is 18.7. The maximum atomic E-state index is 14.1. The lowest BCUT2D eigenvalue weighted by Crippen LogP contribution is -2.18. The molecule has 0 amide bonds. The van der Waals surface area contributed by atoms with Crippen LogP contribution in [0.4, 0.5) is 17.1 Å². The predicted molar refractivity (Wildman–Crippen MR) is 148 cm³/mol. The van der Waals surface area contributed by atoms with Gasteiger partial charge < -0.3 is 18.5 Å². The molecule has 180 valence electrons. The summed E-state index contributed by atoms with van der Waals surface area (Å²) in [5.41, 5.74) is 3.51. The van der Waals surface area contributed by atoms with Crippen LogP contribution in [0.2, 0.25) is 0 Å². The van der Waals surface area contributed by atoms with Gasteiger partial charge in [-0.2, -0.15) is 0 Å². The van der Waals surface area contributed by atoms with Gasteiger partial charge in [-0.05, 0) is 54.6 Å². The van der Waals surface area contributed by atoms with E-state index in [-0.39, 0.29) is 10.9 Å². The van der Waals surface area contributed by atoms with Gasteiger partial charge in [0, 0.05) is 6.07 Å². The molecule has 0 unspecified atom stereocenters. The summed E-state index contributed by atoms with van der Waals surface area (Å²) >= 11 is 0. The van der Waals surface area contributed by atoms with E-state index in [1.54, 1.807) is 36.4 Å². The molecule has 0 spiro atoms. The molecule has 0 saturated carbocycles. The molecular formula is C32H17NO5. The standard InChI is InChI=1S/C32H17NO5/c34-31-18-8-1-4-12-24(18)36-28-17-29-20(16-19(28)31)32(35)30-23(11-7-15-27(30)38-29)33-21-9-2-5-13-25(21)37-26-14-6-3-10-22(26)33/h1-17H. The van der Waals surface area contributed by atoms with Gasteiger partial charge in [-0.1, -0.05) is 42.5 Å². The Labute approximate surface area is 214 Å².